The van der Waals surface area contributed by atoms with Gasteiger partial charge in [-0.25, -0.2) is 4.79 Å². The number of rotatable bonds is 2. The zero-order valence-corrected chi connectivity index (χ0v) is 16.5. The van der Waals surface area contributed by atoms with Crippen molar-refractivity contribution in [2.45, 2.75) is 59.1 Å². The van der Waals surface area contributed by atoms with E-state index in [1.165, 1.54) is 21.6 Å². The number of aryl methyl sites for hydroxylation is 1. The largest absolute Gasteiger partial charge is 0.444 e. The van der Waals surface area contributed by atoms with Crippen LogP contribution < -0.4 is 0 Å². The van der Waals surface area contributed by atoms with Crippen LogP contribution in [-0.2, 0) is 4.74 Å². The van der Waals surface area contributed by atoms with E-state index in [4.69, 9.17) is 4.74 Å². The minimum atomic E-state index is -0.443. The van der Waals surface area contributed by atoms with E-state index in [0.29, 0.717) is 19.1 Å². The molecule has 0 saturated carbocycles. The van der Waals surface area contributed by atoms with Crippen molar-refractivity contribution in [2.24, 2.45) is 0 Å². The molecule has 2 aromatic heterocycles. The summed E-state index contributed by atoms with van der Waals surface area (Å²) in [6.07, 6.45) is 5.70. The first kappa shape index (κ1) is 18.0. The Balaban J connectivity index is 1.62. The molecule has 0 spiro atoms. The van der Waals surface area contributed by atoms with Crippen LogP contribution >= 0.6 is 11.3 Å². The second-order valence-corrected chi connectivity index (χ2v) is 8.66. The summed E-state index contributed by atoms with van der Waals surface area (Å²) >= 11 is 1.78. The van der Waals surface area contributed by atoms with Crippen LogP contribution in [-0.4, -0.2) is 39.5 Å². The Morgan fingerprint density at radius 1 is 1.28 bits per heavy atom. The topological polar surface area (TPSA) is 47.4 Å². The number of piperidine rings is 1. The van der Waals surface area contributed by atoms with Gasteiger partial charge in [0.25, 0.3) is 0 Å². The first-order valence-electron chi connectivity index (χ1n) is 8.82. The molecule has 3 heterocycles. The summed E-state index contributed by atoms with van der Waals surface area (Å²) in [6.45, 7) is 11.4. The lowest BCUT2D eigenvalue weighted by Crippen LogP contribution is -2.42. The second-order valence-electron chi connectivity index (χ2n) is 7.78. The number of hydrogen-bond acceptors (Lipinski definition) is 4. The van der Waals surface area contributed by atoms with Gasteiger partial charge in [0.05, 0.1) is 12.2 Å². The first-order valence-corrected chi connectivity index (χ1v) is 9.70. The molecule has 1 aliphatic rings. The van der Waals surface area contributed by atoms with Gasteiger partial charge in [0.1, 0.15) is 5.60 Å². The Morgan fingerprint density at radius 2 is 1.96 bits per heavy atom. The quantitative estimate of drug-likeness (QED) is 0.772. The maximum Gasteiger partial charge on any atom is 0.410 e. The average Bonchev–Trinajstić information content (AvgIpc) is 3.14. The highest BCUT2D eigenvalue weighted by molar-refractivity contribution is 7.13. The SMILES string of the molecule is Cc1csc(-c2cnn(C3CCN(C(=O)OC(C)(C)C)CC3)c2)c1C. The summed E-state index contributed by atoms with van der Waals surface area (Å²) in [4.78, 5) is 15.3. The molecule has 0 atom stereocenters. The smallest absolute Gasteiger partial charge is 0.410 e. The van der Waals surface area contributed by atoms with Crippen LogP contribution in [0.3, 0.4) is 0 Å². The number of carbonyl (C=O) groups excluding carboxylic acids is 1. The Hall–Kier alpha value is -1.82. The van der Waals surface area contributed by atoms with Crippen molar-refractivity contribution >= 4 is 17.4 Å². The summed E-state index contributed by atoms with van der Waals surface area (Å²) in [5, 5.41) is 6.78. The fraction of sp³-hybridized carbons (Fsp3) is 0.579. The molecular weight excluding hydrogens is 334 g/mol. The Kier molecular flexibility index (Phi) is 4.91. The van der Waals surface area contributed by atoms with Crippen molar-refractivity contribution in [3.8, 4) is 10.4 Å². The maximum absolute atomic E-state index is 12.2. The average molecular weight is 362 g/mol. The monoisotopic (exact) mass is 361 g/mol. The molecule has 0 bridgehead atoms. The third-order valence-electron chi connectivity index (χ3n) is 4.64. The van der Waals surface area contributed by atoms with Crippen LogP contribution in [0.4, 0.5) is 4.79 Å². The number of nitrogens with zero attached hydrogens (tertiary/aromatic N) is 3. The minimum absolute atomic E-state index is 0.211. The first-order chi connectivity index (χ1) is 11.7. The van der Waals surface area contributed by atoms with Gasteiger partial charge in [0, 0.05) is 29.7 Å². The molecular formula is C19H27N3O2S. The van der Waals surface area contributed by atoms with Crippen LogP contribution in [0.25, 0.3) is 10.4 Å². The van der Waals surface area contributed by atoms with Crippen molar-refractivity contribution < 1.29 is 9.53 Å². The van der Waals surface area contributed by atoms with Crippen LogP contribution in [0.5, 0.6) is 0 Å². The Labute approximate surface area is 153 Å². The fourth-order valence-corrected chi connectivity index (χ4v) is 4.13. The van der Waals surface area contributed by atoms with Gasteiger partial charge >= 0.3 is 6.09 Å². The summed E-state index contributed by atoms with van der Waals surface area (Å²) in [7, 11) is 0. The van der Waals surface area contributed by atoms with Crippen LogP contribution in [0.1, 0.15) is 50.8 Å². The van der Waals surface area contributed by atoms with Gasteiger partial charge < -0.3 is 9.64 Å². The molecule has 25 heavy (non-hydrogen) atoms. The number of thiophene rings is 1. The zero-order chi connectivity index (χ0) is 18.2. The lowest BCUT2D eigenvalue weighted by Gasteiger charge is -2.33. The zero-order valence-electron chi connectivity index (χ0n) is 15.7. The highest BCUT2D eigenvalue weighted by Crippen LogP contribution is 2.33. The molecule has 1 fully saturated rings. The molecule has 0 aromatic carbocycles. The van der Waals surface area contributed by atoms with E-state index in [9.17, 15) is 4.79 Å². The molecule has 0 radical (unpaired) electrons. The van der Waals surface area contributed by atoms with E-state index < -0.39 is 5.60 Å². The third kappa shape index (κ3) is 4.06. The molecule has 136 valence electrons. The highest BCUT2D eigenvalue weighted by Gasteiger charge is 2.28. The molecule has 2 aromatic rings. The van der Waals surface area contributed by atoms with Crippen LogP contribution in [0, 0.1) is 13.8 Å². The molecule has 0 unspecified atom stereocenters. The third-order valence-corrected chi connectivity index (χ3v) is 5.89. The maximum atomic E-state index is 12.2. The number of hydrogen-bond donors (Lipinski definition) is 0. The van der Waals surface area contributed by atoms with E-state index in [2.05, 4.69) is 35.2 Å². The number of ether oxygens (including phenoxy) is 1. The molecule has 3 rings (SSSR count). The van der Waals surface area contributed by atoms with Crippen LogP contribution in [0.2, 0.25) is 0 Å². The summed E-state index contributed by atoms with van der Waals surface area (Å²) in [5.41, 5.74) is 3.41. The minimum Gasteiger partial charge on any atom is -0.444 e. The van der Waals surface area contributed by atoms with Gasteiger partial charge in [-0.05, 0) is 64.0 Å². The van der Waals surface area contributed by atoms with Crippen molar-refractivity contribution in [2.75, 3.05) is 13.1 Å². The Morgan fingerprint density at radius 3 is 2.52 bits per heavy atom. The normalized spacial score (nSPS) is 16.3. The van der Waals surface area contributed by atoms with E-state index in [-0.39, 0.29) is 6.09 Å². The van der Waals surface area contributed by atoms with Gasteiger partial charge in [-0.15, -0.1) is 11.3 Å². The lowest BCUT2D eigenvalue weighted by molar-refractivity contribution is 0.0185. The highest BCUT2D eigenvalue weighted by atomic mass is 32.1. The summed E-state index contributed by atoms with van der Waals surface area (Å²) < 4.78 is 7.53. The number of amides is 1. The van der Waals surface area contributed by atoms with E-state index >= 15 is 0 Å². The number of carbonyl (C=O) groups is 1. The molecule has 6 heteroatoms. The van der Waals surface area contributed by atoms with Crippen molar-refractivity contribution in [1.29, 1.82) is 0 Å². The van der Waals surface area contributed by atoms with E-state index in [1.54, 1.807) is 16.2 Å². The van der Waals surface area contributed by atoms with Gasteiger partial charge in [0.15, 0.2) is 0 Å². The molecule has 0 aliphatic carbocycles. The number of likely N-dealkylation sites (tertiary alicyclic amines) is 1. The molecule has 5 nitrogen and oxygen atoms in total. The van der Waals surface area contributed by atoms with E-state index in [0.717, 1.165) is 12.8 Å². The van der Waals surface area contributed by atoms with Gasteiger partial charge in [-0.1, -0.05) is 0 Å². The predicted octanol–water partition coefficient (Wildman–Crippen LogP) is 4.80. The van der Waals surface area contributed by atoms with Crippen molar-refractivity contribution in [3.63, 3.8) is 0 Å². The van der Waals surface area contributed by atoms with Crippen molar-refractivity contribution in [3.05, 3.63) is 28.9 Å². The fourth-order valence-electron chi connectivity index (χ4n) is 3.08. The van der Waals surface area contributed by atoms with E-state index in [1.807, 2.05) is 27.0 Å². The van der Waals surface area contributed by atoms with Gasteiger partial charge in [-0.2, -0.15) is 5.10 Å². The van der Waals surface area contributed by atoms with Gasteiger partial charge in [0.2, 0.25) is 0 Å². The Bertz CT molecular complexity index is 749. The number of aromatic nitrogens is 2. The van der Waals surface area contributed by atoms with Gasteiger partial charge in [-0.3, -0.25) is 4.68 Å². The van der Waals surface area contributed by atoms with Crippen LogP contribution in [0.15, 0.2) is 17.8 Å². The molecule has 1 aliphatic heterocycles. The molecule has 1 saturated heterocycles. The molecule has 1 amide bonds. The molecule has 0 N–H and O–H groups in total. The van der Waals surface area contributed by atoms with Crippen molar-refractivity contribution in [1.82, 2.24) is 14.7 Å². The summed E-state index contributed by atoms with van der Waals surface area (Å²) in [5.74, 6) is 0. The predicted molar refractivity (Wildman–Crippen MR) is 101 cm³/mol. The summed E-state index contributed by atoms with van der Waals surface area (Å²) in [6, 6.07) is 0.341. The second kappa shape index (κ2) is 6.83. The standard InChI is InChI=1S/C19H27N3O2S/c1-13-12-25-17(14(13)2)15-10-20-22(11-15)16-6-8-21(9-7-16)18(23)24-19(3,4)5/h10-12,16H,6-9H2,1-5H3. The lowest BCUT2D eigenvalue weighted by atomic mass is 10.1.